The van der Waals surface area contributed by atoms with E-state index in [9.17, 15) is 16.8 Å². The van der Waals surface area contributed by atoms with Crippen molar-refractivity contribution in [2.24, 2.45) is 5.92 Å². The molecule has 0 atom stereocenters. The van der Waals surface area contributed by atoms with Crippen LogP contribution in [0.5, 0.6) is 0 Å². The molecule has 18 heavy (non-hydrogen) atoms. The highest BCUT2D eigenvalue weighted by atomic mass is 32.2. The molecule has 1 fully saturated rings. The van der Waals surface area contributed by atoms with E-state index in [-0.39, 0.29) is 11.5 Å². The lowest BCUT2D eigenvalue weighted by Gasteiger charge is -2.31. The number of sulfonamides is 1. The molecule has 0 radical (unpaired) electrons. The lowest BCUT2D eigenvalue weighted by Crippen LogP contribution is -2.42. The third-order valence-corrected chi connectivity index (χ3v) is 6.25. The van der Waals surface area contributed by atoms with Crippen molar-refractivity contribution in [2.45, 2.75) is 12.8 Å². The van der Waals surface area contributed by atoms with Crippen molar-refractivity contribution in [3.63, 3.8) is 0 Å². The Bertz CT molecular complexity index is 450. The minimum atomic E-state index is -3.42. The molecule has 0 spiro atoms. The van der Waals surface area contributed by atoms with Gasteiger partial charge >= 0.3 is 0 Å². The first-order valence-corrected chi connectivity index (χ1v) is 9.72. The summed E-state index contributed by atoms with van der Waals surface area (Å²) in [6, 6.07) is 0. The van der Waals surface area contributed by atoms with Crippen molar-refractivity contribution < 1.29 is 16.8 Å². The maximum absolute atomic E-state index is 11.9. The fraction of sp³-hybridized carbons (Fsp3) is 1.00. The van der Waals surface area contributed by atoms with Gasteiger partial charge in [0.05, 0.1) is 11.5 Å². The predicted octanol–water partition coefficient (Wildman–Crippen LogP) is -0.708. The quantitative estimate of drug-likeness (QED) is 0.700. The van der Waals surface area contributed by atoms with E-state index in [2.05, 4.69) is 5.32 Å². The van der Waals surface area contributed by atoms with E-state index in [1.165, 1.54) is 4.31 Å². The van der Waals surface area contributed by atoms with Crippen molar-refractivity contribution in [1.29, 1.82) is 0 Å². The average molecular weight is 298 g/mol. The molecule has 0 aliphatic carbocycles. The molecule has 8 heteroatoms. The SMILES string of the molecule is CNCC1CCN(S(=O)(=O)CCS(C)(=O)=O)CC1. The second-order valence-electron chi connectivity index (χ2n) is 4.85. The molecule has 0 aromatic heterocycles. The van der Waals surface area contributed by atoms with Gasteiger partial charge in [0.2, 0.25) is 10.0 Å². The third-order valence-electron chi connectivity index (χ3n) is 3.17. The number of piperidine rings is 1. The van der Waals surface area contributed by atoms with Crippen molar-refractivity contribution in [3.05, 3.63) is 0 Å². The van der Waals surface area contributed by atoms with Crippen LogP contribution < -0.4 is 5.32 Å². The number of hydrogen-bond donors (Lipinski definition) is 1. The largest absolute Gasteiger partial charge is 0.319 e. The Kier molecular flexibility index (Phi) is 5.57. The van der Waals surface area contributed by atoms with E-state index in [0.29, 0.717) is 19.0 Å². The van der Waals surface area contributed by atoms with Gasteiger partial charge in [0.1, 0.15) is 9.84 Å². The molecule has 108 valence electrons. The predicted molar refractivity (Wildman–Crippen MR) is 71.7 cm³/mol. The topological polar surface area (TPSA) is 83.6 Å². The molecular weight excluding hydrogens is 276 g/mol. The van der Waals surface area contributed by atoms with E-state index in [1.54, 1.807) is 0 Å². The molecule has 1 aliphatic rings. The third kappa shape index (κ3) is 5.21. The zero-order valence-corrected chi connectivity index (χ0v) is 12.6. The van der Waals surface area contributed by atoms with E-state index < -0.39 is 19.9 Å². The number of nitrogens with one attached hydrogen (secondary N) is 1. The molecule has 6 nitrogen and oxygen atoms in total. The highest BCUT2D eigenvalue weighted by Gasteiger charge is 2.28. The summed E-state index contributed by atoms with van der Waals surface area (Å²) in [7, 11) is -4.77. The van der Waals surface area contributed by atoms with Gasteiger partial charge < -0.3 is 5.32 Å². The number of sulfone groups is 1. The van der Waals surface area contributed by atoms with Gasteiger partial charge in [0, 0.05) is 19.3 Å². The van der Waals surface area contributed by atoms with Gasteiger partial charge in [-0.2, -0.15) is 0 Å². The van der Waals surface area contributed by atoms with Crippen LogP contribution in [0.3, 0.4) is 0 Å². The second-order valence-corrected chi connectivity index (χ2v) is 9.19. The number of nitrogens with zero attached hydrogens (tertiary/aromatic N) is 1. The first-order chi connectivity index (χ1) is 8.24. The van der Waals surface area contributed by atoms with Crippen molar-refractivity contribution in [3.8, 4) is 0 Å². The van der Waals surface area contributed by atoms with Gasteiger partial charge in [0.25, 0.3) is 0 Å². The van der Waals surface area contributed by atoms with E-state index in [4.69, 9.17) is 0 Å². The summed E-state index contributed by atoms with van der Waals surface area (Å²) in [5.41, 5.74) is 0. The molecule has 1 heterocycles. The Morgan fingerprint density at radius 1 is 1.11 bits per heavy atom. The lowest BCUT2D eigenvalue weighted by molar-refractivity contribution is 0.271. The normalized spacial score (nSPS) is 20.1. The highest BCUT2D eigenvalue weighted by molar-refractivity contribution is 7.93. The van der Waals surface area contributed by atoms with Gasteiger partial charge in [-0.1, -0.05) is 0 Å². The number of hydrogen-bond acceptors (Lipinski definition) is 5. The maximum Gasteiger partial charge on any atom is 0.215 e. The molecule has 1 rings (SSSR count). The molecule has 1 saturated heterocycles. The smallest absolute Gasteiger partial charge is 0.215 e. The van der Waals surface area contributed by atoms with Crippen LogP contribution in [0.4, 0.5) is 0 Å². The molecule has 0 amide bonds. The fourth-order valence-corrected chi connectivity index (χ4v) is 5.14. The van der Waals surface area contributed by atoms with Gasteiger partial charge in [-0.25, -0.2) is 21.1 Å². The standard InChI is InChI=1S/C10H22N2O4S2/c1-11-9-10-3-5-12(6-4-10)18(15,16)8-7-17(2,13)14/h10-11H,3-9H2,1-2H3. The molecule has 0 saturated carbocycles. The summed E-state index contributed by atoms with van der Waals surface area (Å²) < 4.78 is 47.3. The van der Waals surface area contributed by atoms with E-state index in [1.807, 2.05) is 7.05 Å². The van der Waals surface area contributed by atoms with Crippen LogP contribution in [0.15, 0.2) is 0 Å². The highest BCUT2D eigenvalue weighted by Crippen LogP contribution is 2.19. The Morgan fingerprint density at radius 3 is 2.11 bits per heavy atom. The lowest BCUT2D eigenvalue weighted by atomic mass is 9.98. The second kappa shape index (κ2) is 6.31. The molecule has 0 aromatic carbocycles. The Labute approximate surface area is 110 Å². The minimum Gasteiger partial charge on any atom is -0.319 e. The van der Waals surface area contributed by atoms with Crippen LogP contribution in [0.2, 0.25) is 0 Å². The van der Waals surface area contributed by atoms with Crippen LogP contribution in [-0.2, 0) is 19.9 Å². The van der Waals surface area contributed by atoms with Gasteiger partial charge in [-0.3, -0.25) is 0 Å². The van der Waals surface area contributed by atoms with Crippen molar-refractivity contribution in [2.75, 3.05) is 44.4 Å². The molecule has 0 aromatic rings. The van der Waals surface area contributed by atoms with Crippen molar-refractivity contribution >= 4 is 19.9 Å². The van der Waals surface area contributed by atoms with Crippen molar-refractivity contribution in [1.82, 2.24) is 9.62 Å². The Hall–Kier alpha value is -0.180. The molecular formula is C10H22N2O4S2. The van der Waals surface area contributed by atoms with Crippen LogP contribution in [0, 0.1) is 5.92 Å². The zero-order valence-electron chi connectivity index (χ0n) is 10.9. The Balaban J connectivity index is 2.50. The fourth-order valence-electron chi connectivity index (χ4n) is 2.07. The molecule has 0 bridgehead atoms. The van der Waals surface area contributed by atoms with Crippen LogP contribution in [0.25, 0.3) is 0 Å². The summed E-state index contributed by atoms with van der Waals surface area (Å²) in [6.07, 6.45) is 2.72. The van der Waals surface area contributed by atoms with Gasteiger partial charge in [-0.05, 0) is 32.4 Å². The first kappa shape index (κ1) is 15.9. The summed E-state index contributed by atoms with van der Waals surface area (Å²) >= 11 is 0. The van der Waals surface area contributed by atoms with Gasteiger partial charge in [0.15, 0.2) is 0 Å². The summed E-state index contributed by atoms with van der Waals surface area (Å²) in [6.45, 7) is 1.90. The van der Waals surface area contributed by atoms with E-state index in [0.717, 1.165) is 25.6 Å². The number of rotatable bonds is 6. The molecule has 1 aliphatic heterocycles. The van der Waals surface area contributed by atoms with Gasteiger partial charge in [-0.15, -0.1) is 0 Å². The van der Waals surface area contributed by atoms with Crippen LogP contribution in [-0.4, -0.2) is 65.6 Å². The van der Waals surface area contributed by atoms with Crippen LogP contribution >= 0.6 is 0 Å². The van der Waals surface area contributed by atoms with Crippen LogP contribution in [0.1, 0.15) is 12.8 Å². The average Bonchev–Trinajstić information content (AvgIpc) is 2.27. The summed E-state index contributed by atoms with van der Waals surface area (Å²) in [4.78, 5) is 0. The maximum atomic E-state index is 11.9. The van der Waals surface area contributed by atoms with E-state index >= 15 is 0 Å². The summed E-state index contributed by atoms with van der Waals surface area (Å²) in [5, 5.41) is 3.09. The monoisotopic (exact) mass is 298 g/mol. The minimum absolute atomic E-state index is 0.300. The zero-order chi connectivity index (χ0) is 13.8. The Morgan fingerprint density at radius 2 is 1.67 bits per heavy atom. The molecule has 0 unspecified atom stereocenters. The summed E-state index contributed by atoms with van der Waals surface area (Å²) in [5.74, 6) is -0.0924. The first-order valence-electron chi connectivity index (χ1n) is 6.05. The molecule has 1 N–H and O–H groups in total.